The van der Waals surface area contributed by atoms with E-state index in [0.29, 0.717) is 23.0 Å². The van der Waals surface area contributed by atoms with E-state index in [1.807, 2.05) is 37.4 Å². The number of rotatable bonds is 3. The molecule has 108 valence electrons. The number of halogens is 2. The molecule has 0 unspecified atom stereocenters. The normalized spacial score (nSPS) is 11.2. The molecule has 0 saturated carbocycles. The molecular weight excluding hydrogens is 305 g/mol. The summed E-state index contributed by atoms with van der Waals surface area (Å²) >= 11 is 12.0. The molecule has 3 aromatic rings. The SMILES string of the molecule is Cn1c(Cc2ccc(Cl)c(Cl)c2)nc2cc(CN)ccc21. The number of benzene rings is 2. The average molecular weight is 320 g/mol. The third-order valence-corrected chi connectivity index (χ3v) is 4.36. The van der Waals surface area contributed by atoms with Crippen molar-refractivity contribution in [2.45, 2.75) is 13.0 Å². The smallest absolute Gasteiger partial charge is 0.114 e. The summed E-state index contributed by atoms with van der Waals surface area (Å²) in [6.07, 6.45) is 0.708. The van der Waals surface area contributed by atoms with Gasteiger partial charge in [0.05, 0.1) is 21.1 Å². The van der Waals surface area contributed by atoms with Gasteiger partial charge in [0.15, 0.2) is 0 Å². The second kappa shape index (κ2) is 5.68. The summed E-state index contributed by atoms with van der Waals surface area (Å²) in [4.78, 5) is 4.70. The van der Waals surface area contributed by atoms with Gasteiger partial charge >= 0.3 is 0 Å². The van der Waals surface area contributed by atoms with Crippen LogP contribution in [0, 0.1) is 0 Å². The van der Waals surface area contributed by atoms with E-state index < -0.39 is 0 Å². The number of hydrogen-bond acceptors (Lipinski definition) is 2. The van der Waals surface area contributed by atoms with Gasteiger partial charge in [0.25, 0.3) is 0 Å². The highest BCUT2D eigenvalue weighted by atomic mass is 35.5. The predicted molar refractivity (Wildman–Crippen MR) is 87.9 cm³/mol. The van der Waals surface area contributed by atoms with Crippen LogP contribution < -0.4 is 5.73 Å². The molecule has 21 heavy (non-hydrogen) atoms. The van der Waals surface area contributed by atoms with E-state index in [9.17, 15) is 0 Å². The first kappa shape index (κ1) is 14.4. The maximum atomic E-state index is 6.07. The van der Waals surface area contributed by atoms with Crippen LogP contribution in [0.3, 0.4) is 0 Å². The zero-order valence-electron chi connectivity index (χ0n) is 11.6. The minimum atomic E-state index is 0.522. The lowest BCUT2D eigenvalue weighted by molar-refractivity contribution is 0.844. The first-order chi connectivity index (χ1) is 10.1. The van der Waals surface area contributed by atoms with Crippen LogP contribution in [0.15, 0.2) is 36.4 Å². The van der Waals surface area contributed by atoms with Gasteiger partial charge in [-0.3, -0.25) is 0 Å². The zero-order chi connectivity index (χ0) is 15.0. The van der Waals surface area contributed by atoms with E-state index in [2.05, 4.69) is 10.6 Å². The predicted octanol–water partition coefficient (Wildman–Crippen LogP) is 3.93. The molecule has 0 aliphatic carbocycles. The second-order valence-electron chi connectivity index (χ2n) is 5.04. The van der Waals surface area contributed by atoms with Crippen LogP contribution in [0.1, 0.15) is 17.0 Å². The number of nitrogens with two attached hydrogens (primary N) is 1. The topological polar surface area (TPSA) is 43.8 Å². The van der Waals surface area contributed by atoms with Crippen LogP contribution in [0.5, 0.6) is 0 Å². The number of hydrogen-bond donors (Lipinski definition) is 1. The van der Waals surface area contributed by atoms with E-state index in [1.165, 1.54) is 0 Å². The van der Waals surface area contributed by atoms with Crippen molar-refractivity contribution in [2.24, 2.45) is 12.8 Å². The van der Waals surface area contributed by atoms with Gasteiger partial charge in [-0.1, -0.05) is 35.3 Å². The van der Waals surface area contributed by atoms with Crippen LogP contribution >= 0.6 is 23.2 Å². The molecule has 0 saturated heterocycles. The molecule has 1 aromatic heterocycles. The highest BCUT2D eigenvalue weighted by Gasteiger charge is 2.10. The van der Waals surface area contributed by atoms with Crippen LogP contribution in [0.2, 0.25) is 10.0 Å². The molecule has 0 bridgehead atoms. The lowest BCUT2D eigenvalue weighted by Crippen LogP contribution is -1.99. The molecule has 0 fully saturated rings. The molecule has 5 heteroatoms. The summed E-state index contributed by atoms with van der Waals surface area (Å²) < 4.78 is 2.10. The van der Waals surface area contributed by atoms with Gasteiger partial charge in [0, 0.05) is 20.0 Å². The third-order valence-electron chi connectivity index (χ3n) is 3.62. The first-order valence-electron chi connectivity index (χ1n) is 6.66. The van der Waals surface area contributed by atoms with Crippen molar-refractivity contribution >= 4 is 34.2 Å². The van der Waals surface area contributed by atoms with Crippen molar-refractivity contribution in [3.05, 3.63) is 63.4 Å². The van der Waals surface area contributed by atoms with Crippen molar-refractivity contribution in [1.29, 1.82) is 0 Å². The summed E-state index contributed by atoms with van der Waals surface area (Å²) in [6, 6.07) is 11.8. The Bertz CT molecular complexity index is 809. The van der Waals surface area contributed by atoms with Gasteiger partial charge in [-0.05, 0) is 35.4 Å². The van der Waals surface area contributed by atoms with Crippen molar-refractivity contribution in [2.75, 3.05) is 0 Å². The Morgan fingerprint density at radius 1 is 1.05 bits per heavy atom. The Morgan fingerprint density at radius 3 is 2.52 bits per heavy atom. The Morgan fingerprint density at radius 2 is 1.81 bits per heavy atom. The van der Waals surface area contributed by atoms with Gasteiger partial charge in [-0.25, -0.2) is 4.98 Å². The summed E-state index contributed by atoms with van der Waals surface area (Å²) in [5.41, 5.74) is 9.92. The first-order valence-corrected chi connectivity index (χ1v) is 7.42. The highest BCUT2D eigenvalue weighted by Crippen LogP contribution is 2.24. The fourth-order valence-electron chi connectivity index (χ4n) is 2.41. The molecule has 0 aliphatic heterocycles. The Kier molecular flexibility index (Phi) is 3.89. The molecule has 0 atom stereocenters. The van der Waals surface area contributed by atoms with Gasteiger partial charge < -0.3 is 10.3 Å². The van der Waals surface area contributed by atoms with E-state index in [4.69, 9.17) is 33.9 Å². The number of nitrogens with zero attached hydrogens (tertiary/aromatic N) is 2. The van der Waals surface area contributed by atoms with Crippen LogP contribution in [-0.4, -0.2) is 9.55 Å². The molecule has 0 spiro atoms. The van der Waals surface area contributed by atoms with Crippen LogP contribution in [0.25, 0.3) is 11.0 Å². The van der Waals surface area contributed by atoms with E-state index in [0.717, 1.165) is 28.0 Å². The van der Waals surface area contributed by atoms with Crippen molar-refractivity contribution in [1.82, 2.24) is 9.55 Å². The molecule has 3 rings (SSSR count). The van der Waals surface area contributed by atoms with E-state index in [-0.39, 0.29) is 0 Å². The molecule has 3 nitrogen and oxygen atoms in total. The largest absolute Gasteiger partial charge is 0.331 e. The average Bonchev–Trinajstić information content (AvgIpc) is 2.79. The lowest BCUT2D eigenvalue weighted by Gasteiger charge is -2.04. The standard InChI is InChI=1S/C16H15Cl2N3/c1-21-15-5-3-11(9-19)7-14(15)20-16(21)8-10-2-4-12(17)13(18)6-10/h2-7H,8-9,19H2,1H3. The molecule has 2 aromatic carbocycles. The maximum absolute atomic E-state index is 6.07. The van der Waals surface area contributed by atoms with Gasteiger partial charge in [-0.2, -0.15) is 0 Å². The van der Waals surface area contributed by atoms with Crippen molar-refractivity contribution in [3.8, 4) is 0 Å². The molecule has 1 heterocycles. The minimum Gasteiger partial charge on any atom is -0.331 e. The van der Waals surface area contributed by atoms with Gasteiger partial charge in [0.2, 0.25) is 0 Å². The molecule has 0 aliphatic rings. The van der Waals surface area contributed by atoms with Crippen molar-refractivity contribution < 1.29 is 0 Å². The van der Waals surface area contributed by atoms with Crippen LogP contribution in [-0.2, 0) is 20.0 Å². The van der Waals surface area contributed by atoms with E-state index in [1.54, 1.807) is 0 Å². The fraction of sp³-hybridized carbons (Fsp3) is 0.188. The number of aryl methyl sites for hydroxylation is 1. The molecule has 0 amide bonds. The monoisotopic (exact) mass is 319 g/mol. The quantitative estimate of drug-likeness (QED) is 0.794. The Labute approximate surface area is 133 Å². The Balaban J connectivity index is 2.00. The third kappa shape index (κ3) is 2.77. The zero-order valence-corrected chi connectivity index (χ0v) is 13.1. The molecular formula is C16H15Cl2N3. The lowest BCUT2D eigenvalue weighted by atomic mass is 10.1. The summed E-state index contributed by atoms with van der Waals surface area (Å²) in [5, 5.41) is 1.14. The fourth-order valence-corrected chi connectivity index (χ4v) is 2.73. The minimum absolute atomic E-state index is 0.522. The van der Waals surface area contributed by atoms with Crippen molar-refractivity contribution in [3.63, 3.8) is 0 Å². The summed E-state index contributed by atoms with van der Waals surface area (Å²) in [6.45, 7) is 0.522. The molecule has 2 N–H and O–H groups in total. The number of imidazole rings is 1. The number of fused-ring (bicyclic) bond motifs is 1. The number of aromatic nitrogens is 2. The highest BCUT2D eigenvalue weighted by molar-refractivity contribution is 6.42. The molecule has 0 radical (unpaired) electrons. The second-order valence-corrected chi connectivity index (χ2v) is 5.85. The van der Waals surface area contributed by atoms with Gasteiger partial charge in [-0.15, -0.1) is 0 Å². The van der Waals surface area contributed by atoms with E-state index >= 15 is 0 Å². The summed E-state index contributed by atoms with van der Waals surface area (Å²) in [7, 11) is 2.02. The summed E-state index contributed by atoms with van der Waals surface area (Å²) in [5.74, 6) is 0.984. The maximum Gasteiger partial charge on any atom is 0.114 e. The Hall–Kier alpha value is -1.55. The van der Waals surface area contributed by atoms with Crippen LogP contribution in [0.4, 0.5) is 0 Å². The van der Waals surface area contributed by atoms with Gasteiger partial charge in [0.1, 0.15) is 5.82 Å².